The maximum atomic E-state index is 3.06. The third-order valence-corrected chi connectivity index (χ3v) is 2.44. The van der Waals surface area contributed by atoms with Crippen LogP contribution >= 0.6 is 13.6 Å². The van der Waals surface area contributed by atoms with E-state index < -0.39 is 0 Å². The second kappa shape index (κ2) is 7.63. The second-order valence-electron chi connectivity index (χ2n) is 3.73. The molecule has 0 N–H and O–H groups in total. The number of nitrogens with zero attached hydrogens (tertiary/aromatic N) is 1. The quantitative estimate of drug-likeness (QED) is 0.588. The molecule has 0 unspecified atom stereocenters. The predicted molar refractivity (Wildman–Crippen MR) is 74.0 cm³/mol. The molecule has 0 saturated heterocycles. The molecule has 0 heterocycles. The van der Waals surface area contributed by atoms with Crippen molar-refractivity contribution in [3.8, 4) is 11.1 Å². The molecule has 0 radical (unpaired) electrons. The van der Waals surface area contributed by atoms with Crippen LogP contribution in [0.4, 0.5) is 5.69 Å². The molecular weight excluding hydrogens is 327 g/mol. The summed E-state index contributed by atoms with van der Waals surface area (Å²) in [6.45, 7) is 0. The van der Waals surface area contributed by atoms with Gasteiger partial charge in [0.05, 0.1) is 0 Å². The third-order valence-electron chi connectivity index (χ3n) is 2.44. The summed E-state index contributed by atoms with van der Waals surface area (Å²) in [5, 5.41) is 0. The number of rotatable bonds is 2. The van der Waals surface area contributed by atoms with E-state index in [0.29, 0.717) is 0 Å². The summed E-state index contributed by atoms with van der Waals surface area (Å²) in [5.74, 6) is 0. The van der Waals surface area contributed by atoms with Crippen LogP contribution in [0, 0.1) is 6.07 Å². The Kier molecular flexibility index (Phi) is 6.46. The van der Waals surface area contributed by atoms with Crippen molar-refractivity contribution in [2.45, 2.75) is 0 Å². The summed E-state index contributed by atoms with van der Waals surface area (Å²) < 4.78 is 0. The van der Waals surface area contributed by atoms with Crippen molar-refractivity contribution < 1.29 is 16.3 Å². The summed E-state index contributed by atoms with van der Waals surface area (Å²) in [6.07, 6.45) is 0. The fourth-order valence-corrected chi connectivity index (χ4v) is 1.53. The standard InChI is InChI=1S/C14H14N.BrH.Zn/c1-15(2)14-10-8-13(9-11-14)12-6-4-3-5-7-12;;/h4-11H,1-2H3;1H;/q-1;;+2/p-1. The van der Waals surface area contributed by atoms with Gasteiger partial charge in [0.15, 0.2) is 0 Å². The Bertz CT molecular complexity index is 426. The van der Waals surface area contributed by atoms with E-state index in [2.05, 4.69) is 61.0 Å². The van der Waals surface area contributed by atoms with Crippen LogP contribution in [0.2, 0.25) is 0 Å². The zero-order valence-corrected chi connectivity index (χ0v) is 14.7. The van der Waals surface area contributed by atoms with Crippen LogP contribution in [0.1, 0.15) is 0 Å². The van der Waals surface area contributed by atoms with Gasteiger partial charge < -0.3 is 4.90 Å². The number of halogens is 1. The topological polar surface area (TPSA) is 3.24 Å². The van der Waals surface area contributed by atoms with Crippen LogP contribution in [0.25, 0.3) is 11.1 Å². The van der Waals surface area contributed by atoms with E-state index in [4.69, 9.17) is 0 Å². The first-order chi connectivity index (χ1) is 8.27. The average molecular weight is 342 g/mol. The van der Waals surface area contributed by atoms with Gasteiger partial charge in [-0.25, -0.2) is 0 Å². The van der Waals surface area contributed by atoms with Crippen molar-refractivity contribution in [1.29, 1.82) is 0 Å². The van der Waals surface area contributed by atoms with Gasteiger partial charge in [-0.15, -0.1) is 5.56 Å². The van der Waals surface area contributed by atoms with Gasteiger partial charge in [0, 0.05) is 19.8 Å². The minimum absolute atomic E-state index is 1.19. The van der Waals surface area contributed by atoms with Gasteiger partial charge in [-0.05, 0) is 17.7 Å². The van der Waals surface area contributed by atoms with Crippen LogP contribution in [0.15, 0.2) is 48.5 Å². The average Bonchev–Trinajstić information content (AvgIpc) is 2.42. The van der Waals surface area contributed by atoms with E-state index in [0.717, 1.165) is 0 Å². The van der Waals surface area contributed by atoms with Crippen molar-refractivity contribution in [1.82, 2.24) is 0 Å². The van der Waals surface area contributed by atoms with E-state index >= 15 is 0 Å². The molecule has 0 fully saturated rings. The van der Waals surface area contributed by atoms with E-state index in [-0.39, 0.29) is 0 Å². The number of benzene rings is 2. The van der Waals surface area contributed by atoms with Gasteiger partial charge in [-0.3, -0.25) is 0 Å². The van der Waals surface area contributed by atoms with E-state index in [1.807, 2.05) is 26.2 Å². The molecule has 84 valence electrons. The molecule has 2 aromatic carbocycles. The predicted octanol–water partition coefficient (Wildman–Crippen LogP) is 4.06. The molecule has 0 spiro atoms. The van der Waals surface area contributed by atoms with E-state index in [1.165, 1.54) is 33.2 Å². The molecule has 0 atom stereocenters. The van der Waals surface area contributed by atoms with Crippen molar-refractivity contribution >= 4 is 19.3 Å². The van der Waals surface area contributed by atoms with Crippen molar-refractivity contribution in [3.05, 3.63) is 54.6 Å². The summed E-state index contributed by atoms with van der Waals surface area (Å²) in [6, 6.07) is 19.6. The van der Waals surface area contributed by atoms with Gasteiger partial charge in [0.1, 0.15) is 0 Å². The Morgan fingerprint density at radius 2 is 1.35 bits per heavy atom. The summed E-state index contributed by atoms with van der Waals surface area (Å²) in [7, 11) is 4.10. The Labute approximate surface area is 120 Å². The maximum absolute atomic E-state index is 3.06. The van der Waals surface area contributed by atoms with Gasteiger partial charge in [-0.1, -0.05) is 12.1 Å². The van der Waals surface area contributed by atoms with Crippen molar-refractivity contribution in [3.63, 3.8) is 0 Å². The van der Waals surface area contributed by atoms with E-state index in [1.54, 1.807) is 0 Å². The molecule has 0 saturated carbocycles. The van der Waals surface area contributed by atoms with Gasteiger partial charge in [0.25, 0.3) is 0 Å². The zero-order valence-electron chi connectivity index (χ0n) is 10.2. The SMILES string of the molecule is CN(C)c1ccc(-c2cc[c-]cc2)cc1.[Zn+][Br]. The van der Waals surface area contributed by atoms with Gasteiger partial charge in [-0.2, -0.15) is 30.3 Å². The number of anilines is 1. The summed E-state index contributed by atoms with van der Waals surface area (Å²) in [4.78, 5) is 2.10. The van der Waals surface area contributed by atoms with Crippen LogP contribution in [-0.4, -0.2) is 14.1 Å². The molecule has 0 aliphatic heterocycles. The third kappa shape index (κ3) is 4.25. The summed E-state index contributed by atoms with van der Waals surface area (Å²) in [5.41, 5.74) is 3.70. The summed E-state index contributed by atoms with van der Waals surface area (Å²) >= 11 is 4.25. The molecule has 2 aromatic rings. The molecule has 3 heteroatoms. The van der Waals surface area contributed by atoms with Crippen LogP contribution < -0.4 is 4.90 Å². The van der Waals surface area contributed by atoms with Crippen molar-refractivity contribution in [2.75, 3.05) is 19.0 Å². The van der Waals surface area contributed by atoms with Crippen LogP contribution in [0.5, 0.6) is 0 Å². The van der Waals surface area contributed by atoms with Crippen LogP contribution in [0.3, 0.4) is 0 Å². The van der Waals surface area contributed by atoms with Gasteiger partial charge >= 0.3 is 30.0 Å². The molecule has 0 bridgehead atoms. The minimum atomic E-state index is 1.19. The first-order valence-corrected chi connectivity index (χ1v) is 12.2. The number of hydrogen-bond acceptors (Lipinski definition) is 1. The monoisotopic (exact) mass is 339 g/mol. The molecule has 0 aliphatic carbocycles. The molecule has 0 aromatic heterocycles. The second-order valence-corrected chi connectivity index (χ2v) is 3.73. The Morgan fingerprint density at radius 3 is 1.82 bits per heavy atom. The molecule has 17 heavy (non-hydrogen) atoms. The Hall–Kier alpha value is -0.657. The first-order valence-electron chi connectivity index (χ1n) is 5.28. The van der Waals surface area contributed by atoms with E-state index in [9.17, 15) is 0 Å². The van der Waals surface area contributed by atoms with Crippen molar-refractivity contribution in [2.24, 2.45) is 0 Å². The molecule has 0 amide bonds. The van der Waals surface area contributed by atoms with Crippen LogP contribution in [-0.2, 0) is 16.3 Å². The Morgan fingerprint density at radius 1 is 0.882 bits per heavy atom. The van der Waals surface area contributed by atoms with Gasteiger partial charge in [0.2, 0.25) is 0 Å². The normalized spacial score (nSPS) is 9.24. The zero-order chi connectivity index (χ0) is 12.7. The molecule has 0 aliphatic rings. The number of hydrogen-bond donors (Lipinski definition) is 0. The fourth-order valence-electron chi connectivity index (χ4n) is 1.53. The first kappa shape index (κ1) is 14.4. The fraction of sp³-hybridized carbons (Fsp3) is 0.143. The molecule has 1 nitrogen and oxygen atoms in total. The molecule has 2 rings (SSSR count). The Balaban J connectivity index is 0.000000686. The molecular formula is C14H14BrNZn.